The number of carbonyl (C=O) groups is 2. The lowest BCUT2D eigenvalue weighted by atomic mass is 9.98. The molecule has 0 aliphatic carbocycles. The van der Waals surface area contributed by atoms with Gasteiger partial charge in [0.05, 0.1) is 6.61 Å². The minimum atomic E-state index is 0.236. The molecular formula is C16H28N2O3. The van der Waals surface area contributed by atoms with Crippen LogP contribution in [-0.4, -0.2) is 61.5 Å². The van der Waals surface area contributed by atoms with Crippen molar-refractivity contribution >= 4 is 11.8 Å². The topological polar surface area (TPSA) is 49.9 Å². The molecule has 2 aliphatic heterocycles. The molecule has 0 saturated carbocycles. The number of ether oxygens (including phenoxy) is 1. The van der Waals surface area contributed by atoms with E-state index in [0.29, 0.717) is 18.8 Å². The summed E-state index contributed by atoms with van der Waals surface area (Å²) in [7, 11) is 1.72. The molecule has 0 radical (unpaired) electrons. The van der Waals surface area contributed by atoms with Crippen LogP contribution in [-0.2, 0) is 14.3 Å². The summed E-state index contributed by atoms with van der Waals surface area (Å²) in [6, 6.07) is 0. The number of likely N-dealkylation sites (tertiary alicyclic amines) is 2. The molecule has 0 bridgehead atoms. The highest BCUT2D eigenvalue weighted by Crippen LogP contribution is 2.18. The first-order valence-corrected chi connectivity index (χ1v) is 8.25. The van der Waals surface area contributed by atoms with Crippen LogP contribution in [0.15, 0.2) is 0 Å². The van der Waals surface area contributed by atoms with Gasteiger partial charge in [0, 0.05) is 46.1 Å². The fourth-order valence-corrected chi connectivity index (χ4v) is 3.34. The number of nitrogens with zero attached hydrogens (tertiary/aromatic N) is 2. The van der Waals surface area contributed by atoms with E-state index in [1.165, 1.54) is 0 Å². The molecule has 5 heteroatoms. The van der Waals surface area contributed by atoms with Gasteiger partial charge in [0.1, 0.15) is 0 Å². The third-order valence-electron chi connectivity index (χ3n) is 4.51. The Bertz CT molecular complexity index is 357. The molecule has 0 aromatic heterocycles. The summed E-state index contributed by atoms with van der Waals surface area (Å²) in [6.07, 6.45) is 6.37. The zero-order valence-corrected chi connectivity index (χ0v) is 13.2. The maximum atomic E-state index is 12.3. The second-order valence-electron chi connectivity index (χ2n) is 6.24. The summed E-state index contributed by atoms with van der Waals surface area (Å²) in [4.78, 5) is 27.9. The average Bonchev–Trinajstić information content (AvgIpc) is 2.50. The van der Waals surface area contributed by atoms with Crippen molar-refractivity contribution in [2.24, 2.45) is 5.92 Å². The highest BCUT2D eigenvalue weighted by atomic mass is 16.5. The predicted molar refractivity (Wildman–Crippen MR) is 80.8 cm³/mol. The standard InChI is InChI=1S/C16H28N2O3/c1-21-13-14-6-4-11-18(12-14)16(20)8-5-10-17-9-3-2-7-15(17)19/h14H,2-13H2,1H3. The van der Waals surface area contributed by atoms with Crippen LogP contribution in [0.3, 0.4) is 0 Å². The highest BCUT2D eigenvalue weighted by molar-refractivity contribution is 5.77. The van der Waals surface area contributed by atoms with Crippen LogP contribution < -0.4 is 0 Å². The van der Waals surface area contributed by atoms with Crippen LogP contribution in [0.2, 0.25) is 0 Å². The molecule has 2 amide bonds. The molecule has 0 spiro atoms. The normalized spacial score (nSPS) is 23.5. The first kappa shape index (κ1) is 16.3. The largest absolute Gasteiger partial charge is 0.384 e. The van der Waals surface area contributed by atoms with E-state index in [-0.39, 0.29) is 11.8 Å². The average molecular weight is 296 g/mol. The molecular weight excluding hydrogens is 268 g/mol. The Morgan fingerprint density at radius 1 is 1.29 bits per heavy atom. The molecule has 2 heterocycles. The van der Waals surface area contributed by atoms with Gasteiger partial charge in [0.2, 0.25) is 11.8 Å². The van der Waals surface area contributed by atoms with Crippen LogP contribution in [0.4, 0.5) is 0 Å². The lowest BCUT2D eigenvalue weighted by molar-refractivity contribution is -0.136. The van der Waals surface area contributed by atoms with Gasteiger partial charge in [-0.05, 0) is 38.0 Å². The molecule has 2 rings (SSSR count). The second-order valence-corrected chi connectivity index (χ2v) is 6.24. The highest BCUT2D eigenvalue weighted by Gasteiger charge is 2.24. The molecule has 0 aromatic carbocycles. The minimum Gasteiger partial charge on any atom is -0.384 e. The van der Waals surface area contributed by atoms with E-state index in [0.717, 1.165) is 64.9 Å². The van der Waals surface area contributed by atoms with Crippen molar-refractivity contribution in [2.75, 3.05) is 39.9 Å². The van der Waals surface area contributed by atoms with Gasteiger partial charge in [-0.2, -0.15) is 0 Å². The lowest BCUT2D eigenvalue weighted by Crippen LogP contribution is -2.41. The Balaban J connectivity index is 1.67. The van der Waals surface area contributed by atoms with E-state index >= 15 is 0 Å². The van der Waals surface area contributed by atoms with Gasteiger partial charge in [-0.1, -0.05) is 0 Å². The van der Waals surface area contributed by atoms with Crippen molar-refractivity contribution in [3.63, 3.8) is 0 Å². The van der Waals surface area contributed by atoms with E-state index in [2.05, 4.69) is 0 Å². The zero-order chi connectivity index (χ0) is 15.1. The maximum absolute atomic E-state index is 12.3. The third-order valence-corrected chi connectivity index (χ3v) is 4.51. The number of hydrogen-bond donors (Lipinski definition) is 0. The minimum absolute atomic E-state index is 0.236. The van der Waals surface area contributed by atoms with Gasteiger partial charge in [-0.25, -0.2) is 0 Å². The number of hydrogen-bond acceptors (Lipinski definition) is 3. The van der Waals surface area contributed by atoms with E-state index in [1.54, 1.807) is 7.11 Å². The Morgan fingerprint density at radius 3 is 2.90 bits per heavy atom. The number of amides is 2. The fraction of sp³-hybridized carbons (Fsp3) is 0.875. The molecule has 21 heavy (non-hydrogen) atoms. The van der Waals surface area contributed by atoms with Gasteiger partial charge >= 0.3 is 0 Å². The molecule has 2 fully saturated rings. The molecule has 0 N–H and O–H groups in total. The van der Waals surface area contributed by atoms with Gasteiger partial charge in [-0.15, -0.1) is 0 Å². The Morgan fingerprint density at radius 2 is 2.14 bits per heavy atom. The van der Waals surface area contributed by atoms with Crippen molar-refractivity contribution in [1.82, 2.24) is 9.80 Å². The summed E-state index contributed by atoms with van der Waals surface area (Å²) in [5.41, 5.74) is 0. The van der Waals surface area contributed by atoms with E-state index in [9.17, 15) is 9.59 Å². The van der Waals surface area contributed by atoms with E-state index in [1.807, 2.05) is 9.80 Å². The number of carbonyl (C=O) groups excluding carboxylic acids is 2. The van der Waals surface area contributed by atoms with Gasteiger partial charge in [-0.3, -0.25) is 9.59 Å². The van der Waals surface area contributed by atoms with Crippen molar-refractivity contribution in [2.45, 2.75) is 44.9 Å². The fourth-order valence-electron chi connectivity index (χ4n) is 3.34. The van der Waals surface area contributed by atoms with Gasteiger partial charge in [0.15, 0.2) is 0 Å². The van der Waals surface area contributed by atoms with Crippen molar-refractivity contribution in [3.05, 3.63) is 0 Å². The van der Waals surface area contributed by atoms with Crippen molar-refractivity contribution < 1.29 is 14.3 Å². The summed E-state index contributed by atoms with van der Waals surface area (Å²) < 4.78 is 5.20. The van der Waals surface area contributed by atoms with Crippen molar-refractivity contribution in [3.8, 4) is 0 Å². The van der Waals surface area contributed by atoms with Gasteiger partial charge in [0.25, 0.3) is 0 Å². The molecule has 2 aliphatic rings. The van der Waals surface area contributed by atoms with Crippen LogP contribution in [0.25, 0.3) is 0 Å². The smallest absolute Gasteiger partial charge is 0.222 e. The van der Waals surface area contributed by atoms with Gasteiger partial charge < -0.3 is 14.5 Å². The Hall–Kier alpha value is -1.10. The van der Waals surface area contributed by atoms with Crippen LogP contribution in [0.5, 0.6) is 0 Å². The summed E-state index contributed by atoms with van der Waals surface area (Å²) in [6.45, 7) is 4.05. The molecule has 5 nitrogen and oxygen atoms in total. The molecule has 0 aromatic rings. The Labute approximate surface area is 127 Å². The van der Waals surface area contributed by atoms with E-state index < -0.39 is 0 Å². The monoisotopic (exact) mass is 296 g/mol. The molecule has 1 atom stereocenters. The summed E-state index contributed by atoms with van der Waals surface area (Å²) in [5.74, 6) is 0.975. The van der Waals surface area contributed by atoms with Crippen molar-refractivity contribution in [1.29, 1.82) is 0 Å². The first-order chi connectivity index (χ1) is 10.2. The zero-order valence-electron chi connectivity index (χ0n) is 13.2. The summed E-state index contributed by atoms with van der Waals surface area (Å²) >= 11 is 0. The molecule has 2 saturated heterocycles. The second kappa shape index (κ2) is 8.37. The number of piperidine rings is 2. The Kier molecular flexibility index (Phi) is 6.49. The van der Waals surface area contributed by atoms with Crippen LogP contribution >= 0.6 is 0 Å². The van der Waals surface area contributed by atoms with Crippen LogP contribution in [0, 0.1) is 5.92 Å². The SMILES string of the molecule is COCC1CCCN(C(=O)CCCN2CCCCC2=O)C1. The first-order valence-electron chi connectivity index (χ1n) is 8.25. The lowest BCUT2D eigenvalue weighted by Gasteiger charge is -2.33. The summed E-state index contributed by atoms with van der Waals surface area (Å²) in [5, 5.41) is 0. The number of methoxy groups -OCH3 is 1. The molecule has 1 unspecified atom stereocenters. The third kappa shape index (κ3) is 4.99. The number of rotatable bonds is 6. The predicted octanol–water partition coefficient (Wildman–Crippen LogP) is 1.66. The molecule has 120 valence electrons. The quantitative estimate of drug-likeness (QED) is 0.749. The van der Waals surface area contributed by atoms with E-state index in [4.69, 9.17) is 4.74 Å². The van der Waals surface area contributed by atoms with Crippen LogP contribution in [0.1, 0.15) is 44.9 Å². The maximum Gasteiger partial charge on any atom is 0.222 e.